The highest BCUT2D eigenvalue weighted by atomic mass is 16.3. The number of fused-ring (bicyclic) bond motifs is 1. The van der Waals surface area contributed by atoms with Crippen LogP contribution in [0.2, 0.25) is 0 Å². The number of hydrogen-bond donors (Lipinski definition) is 2. The standard InChI is InChI=1S/C16H21N3O2/c1-10(2)19-8-6-11-5-7-17-15(14(11)16(19)21)18-12-3-4-13(20)9-12/h5-8,10,12-13,20H,3-4,9H2,1-2H3,(H,17,18)/t12-,13+/m0/s1. The Balaban J connectivity index is 2.05. The van der Waals surface area contributed by atoms with E-state index in [1.54, 1.807) is 10.8 Å². The van der Waals surface area contributed by atoms with Crippen molar-refractivity contribution in [3.8, 4) is 0 Å². The zero-order valence-electron chi connectivity index (χ0n) is 12.4. The van der Waals surface area contributed by atoms with E-state index in [2.05, 4.69) is 10.3 Å². The van der Waals surface area contributed by atoms with Crippen molar-refractivity contribution in [2.75, 3.05) is 5.32 Å². The van der Waals surface area contributed by atoms with E-state index >= 15 is 0 Å². The maximum Gasteiger partial charge on any atom is 0.262 e. The fraction of sp³-hybridized carbons (Fsp3) is 0.500. The molecule has 0 spiro atoms. The Morgan fingerprint density at radius 2 is 2.19 bits per heavy atom. The van der Waals surface area contributed by atoms with E-state index in [-0.39, 0.29) is 23.7 Å². The van der Waals surface area contributed by atoms with E-state index in [4.69, 9.17) is 0 Å². The number of rotatable bonds is 3. The maximum absolute atomic E-state index is 12.7. The van der Waals surface area contributed by atoms with Crippen LogP contribution in [0, 0.1) is 0 Å². The second kappa shape index (κ2) is 5.48. The molecule has 1 aliphatic carbocycles. The first-order valence-electron chi connectivity index (χ1n) is 7.50. The SMILES string of the molecule is CC(C)n1ccc2ccnc(N[C@H]3CC[C@@H](O)C3)c2c1=O. The Kier molecular flexibility index (Phi) is 3.68. The second-order valence-corrected chi connectivity index (χ2v) is 6.05. The average Bonchev–Trinajstić information content (AvgIpc) is 2.84. The van der Waals surface area contributed by atoms with Crippen molar-refractivity contribution in [1.82, 2.24) is 9.55 Å². The van der Waals surface area contributed by atoms with Gasteiger partial charge in [0.15, 0.2) is 0 Å². The molecule has 2 N–H and O–H groups in total. The lowest BCUT2D eigenvalue weighted by Crippen LogP contribution is -2.24. The van der Waals surface area contributed by atoms with Crippen molar-refractivity contribution >= 4 is 16.6 Å². The zero-order chi connectivity index (χ0) is 15.0. The number of pyridine rings is 2. The van der Waals surface area contributed by atoms with E-state index in [1.807, 2.05) is 32.2 Å². The monoisotopic (exact) mass is 287 g/mol. The Morgan fingerprint density at radius 1 is 1.38 bits per heavy atom. The molecule has 2 aromatic rings. The van der Waals surface area contributed by atoms with Gasteiger partial charge < -0.3 is 15.0 Å². The van der Waals surface area contributed by atoms with Crippen LogP contribution in [0.25, 0.3) is 10.8 Å². The smallest absolute Gasteiger partial charge is 0.262 e. The summed E-state index contributed by atoms with van der Waals surface area (Å²) in [4.78, 5) is 17.0. The molecule has 1 saturated carbocycles. The van der Waals surface area contributed by atoms with Crippen LogP contribution in [0.5, 0.6) is 0 Å². The van der Waals surface area contributed by atoms with Gasteiger partial charge in [0.2, 0.25) is 0 Å². The molecule has 0 aliphatic heterocycles. The molecule has 21 heavy (non-hydrogen) atoms. The number of aliphatic hydroxyl groups is 1. The van der Waals surface area contributed by atoms with Crippen LogP contribution in [0.3, 0.4) is 0 Å². The van der Waals surface area contributed by atoms with E-state index in [0.717, 1.165) is 18.2 Å². The molecule has 1 aliphatic rings. The third kappa shape index (κ3) is 2.65. The van der Waals surface area contributed by atoms with Crippen LogP contribution >= 0.6 is 0 Å². The molecule has 112 valence electrons. The summed E-state index contributed by atoms with van der Waals surface area (Å²) in [6.45, 7) is 3.98. The quantitative estimate of drug-likeness (QED) is 0.909. The summed E-state index contributed by atoms with van der Waals surface area (Å²) in [5, 5.41) is 14.5. The highest BCUT2D eigenvalue weighted by molar-refractivity contribution is 5.90. The molecule has 2 aromatic heterocycles. The van der Waals surface area contributed by atoms with Gasteiger partial charge in [-0.15, -0.1) is 0 Å². The van der Waals surface area contributed by atoms with Crippen molar-refractivity contribution in [2.45, 2.75) is 51.3 Å². The Morgan fingerprint density at radius 3 is 2.86 bits per heavy atom. The van der Waals surface area contributed by atoms with Crippen molar-refractivity contribution in [1.29, 1.82) is 0 Å². The lowest BCUT2D eigenvalue weighted by atomic mass is 10.1. The molecule has 0 radical (unpaired) electrons. The van der Waals surface area contributed by atoms with E-state index in [1.165, 1.54) is 0 Å². The van der Waals surface area contributed by atoms with Crippen molar-refractivity contribution in [3.63, 3.8) is 0 Å². The van der Waals surface area contributed by atoms with Crippen LogP contribution in [0.4, 0.5) is 5.82 Å². The van der Waals surface area contributed by atoms with Crippen LogP contribution in [-0.4, -0.2) is 26.8 Å². The number of anilines is 1. The van der Waals surface area contributed by atoms with E-state index in [9.17, 15) is 9.90 Å². The molecule has 0 unspecified atom stereocenters. The van der Waals surface area contributed by atoms with Gasteiger partial charge in [-0.3, -0.25) is 4.79 Å². The number of nitrogens with zero attached hydrogens (tertiary/aromatic N) is 2. The first-order chi connectivity index (χ1) is 10.1. The minimum Gasteiger partial charge on any atom is -0.393 e. The van der Waals surface area contributed by atoms with Crippen molar-refractivity contribution in [2.24, 2.45) is 0 Å². The van der Waals surface area contributed by atoms with Gasteiger partial charge in [0, 0.05) is 24.5 Å². The first kappa shape index (κ1) is 14.1. The van der Waals surface area contributed by atoms with Crippen LogP contribution in [0.15, 0.2) is 29.3 Å². The molecular formula is C16H21N3O2. The van der Waals surface area contributed by atoms with Gasteiger partial charge >= 0.3 is 0 Å². The van der Waals surface area contributed by atoms with E-state index in [0.29, 0.717) is 17.6 Å². The fourth-order valence-electron chi connectivity index (χ4n) is 3.00. The third-order valence-corrected chi connectivity index (χ3v) is 4.15. The molecule has 0 saturated heterocycles. The molecular weight excluding hydrogens is 266 g/mol. The average molecular weight is 287 g/mol. The number of aliphatic hydroxyl groups excluding tert-OH is 1. The normalized spacial score (nSPS) is 22.1. The minimum atomic E-state index is -0.246. The van der Waals surface area contributed by atoms with Crippen LogP contribution < -0.4 is 10.9 Å². The summed E-state index contributed by atoms with van der Waals surface area (Å²) < 4.78 is 1.72. The molecule has 5 heteroatoms. The Bertz CT molecular complexity index is 708. The third-order valence-electron chi connectivity index (χ3n) is 4.15. The van der Waals surface area contributed by atoms with Crippen molar-refractivity contribution in [3.05, 3.63) is 34.9 Å². The molecule has 2 heterocycles. The molecule has 0 amide bonds. The predicted molar refractivity (Wildman–Crippen MR) is 83.7 cm³/mol. The summed E-state index contributed by atoms with van der Waals surface area (Å²) in [6, 6.07) is 4.11. The molecule has 2 atom stereocenters. The summed E-state index contributed by atoms with van der Waals surface area (Å²) >= 11 is 0. The molecule has 1 fully saturated rings. The lowest BCUT2D eigenvalue weighted by Gasteiger charge is -2.16. The van der Waals surface area contributed by atoms with E-state index < -0.39 is 0 Å². The summed E-state index contributed by atoms with van der Waals surface area (Å²) in [5.74, 6) is 0.631. The molecule has 0 aromatic carbocycles. The zero-order valence-corrected chi connectivity index (χ0v) is 12.4. The second-order valence-electron chi connectivity index (χ2n) is 6.05. The van der Waals surface area contributed by atoms with Crippen LogP contribution in [0.1, 0.15) is 39.2 Å². The van der Waals surface area contributed by atoms with Gasteiger partial charge in [-0.05, 0) is 50.6 Å². The predicted octanol–water partition coefficient (Wildman–Crippen LogP) is 2.30. The summed E-state index contributed by atoms with van der Waals surface area (Å²) in [5.41, 5.74) is -0.0170. The molecule has 0 bridgehead atoms. The molecule has 5 nitrogen and oxygen atoms in total. The lowest BCUT2D eigenvalue weighted by molar-refractivity contribution is 0.182. The highest BCUT2D eigenvalue weighted by Gasteiger charge is 2.23. The fourth-order valence-corrected chi connectivity index (χ4v) is 3.00. The van der Waals surface area contributed by atoms with Gasteiger partial charge in [-0.2, -0.15) is 0 Å². The van der Waals surface area contributed by atoms with Gasteiger partial charge in [0.05, 0.1) is 11.5 Å². The maximum atomic E-state index is 12.7. The van der Waals surface area contributed by atoms with Gasteiger partial charge in [0.1, 0.15) is 5.82 Å². The van der Waals surface area contributed by atoms with Crippen LogP contribution in [-0.2, 0) is 0 Å². The number of aromatic nitrogens is 2. The van der Waals surface area contributed by atoms with Gasteiger partial charge in [0.25, 0.3) is 5.56 Å². The molecule has 3 rings (SSSR count). The number of hydrogen-bond acceptors (Lipinski definition) is 4. The summed E-state index contributed by atoms with van der Waals surface area (Å²) in [6.07, 6.45) is 5.73. The largest absolute Gasteiger partial charge is 0.393 e. The highest BCUT2D eigenvalue weighted by Crippen LogP contribution is 2.25. The number of nitrogens with one attached hydrogen (secondary N) is 1. The minimum absolute atomic E-state index is 0.0170. The topological polar surface area (TPSA) is 67.2 Å². The first-order valence-corrected chi connectivity index (χ1v) is 7.50. The summed E-state index contributed by atoms with van der Waals surface area (Å²) in [7, 11) is 0. The Hall–Kier alpha value is -1.88. The van der Waals surface area contributed by atoms with Crippen molar-refractivity contribution < 1.29 is 5.11 Å². The van der Waals surface area contributed by atoms with Gasteiger partial charge in [-0.1, -0.05) is 0 Å². The van der Waals surface area contributed by atoms with Gasteiger partial charge in [-0.25, -0.2) is 4.98 Å². The Labute approximate surface area is 123 Å².